The van der Waals surface area contributed by atoms with Crippen LogP contribution >= 0.6 is 0 Å². The minimum Gasteiger partial charge on any atom is -0.390 e. The molecule has 0 amide bonds. The topological polar surface area (TPSA) is 38.7 Å². The second-order valence-electron chi connectivity index (χ2n) is 4.18. The number of ether oxygens (including phenoxy) is 2. The largest absolute Gasteiger partial charge is 0.390 e. The first kappa shape index (κ1) is 11.6. The molecular formula is C13H18O3. The zero-order valence-corrected chi connectivity index (χ0v) is 9.50. The third kappa shape index (κ3) is 2.61. The molecule has 0 heterocycles. The molecule has 1 N–H and O–H groups in total. The average molecular weight is 222 g/mol. The number of aliphatic hydroxyl groups excluding tert-OH is 1. The summed E-state index contributed by atoms with van der Waals surface area (Å²) >= 11 is 0. The van der Waals surface area contributed by atoms with E-state index in [-0.39, 0.29) is 18.3 Å². The molecule has 3 heteroatoms. The van der Waals surface area contributed by atoms with Gasteiger partial charge in [-0.05, 0) is 18.4 Å². The lowest BCUT2D eigenvalue weighted by Crippen LogP contribution is -2.32. The van der Waals surface area contributed by atoms with Crippen LogP contribution in [0.1, 0.15) is 18.4 Å². The van der Waals surface area contributed by atoms with Gasteiger partial charge in [0.05, 0.1) is 18.8 Å². The van der Waals surface area contributed by atoms with E-state index in [0.29, 0.717) is 6.61 Å². The smallest absolute Gasteiger partial charge is 0.109 e. The molecule has 0 spiro atoms. The minimum atomic E-state index is -0.384. The SMILES string of the molecule is CO[C@H]1[C@H](O)CC[C@@H]1OCc1ccccc1. The molecule has 1 fully saturated rings. The molecule has 1 aliphatic carbocycles. The Kier molecular flexibility index (Phi) is 3.93. The van der Waals surface area contributed by atoms with Gasteiger partial charge >= 0.3 is 0 Å². The summed E-state index contributed by atoms with van der Waals surface area (Å²) < 4.78 is 11.0. The van der Waals surface area contributed by atoms with Crippen LogP contribution in [-0.4, -0.2) is 30.5 Å². The first-order chi connectivity index (χ1) is 7.81. The van der Waals surface area contributed by atoms with Crippen molar-refractivity contribution in [1.29, 1.82) is 0 Å². The van der Waals surface area contributed by atoms with E-state index in [9.17, 15) is 5.11 Å². The van der Waals surface area contributed by atoms with Crippen LogP contribution in [0.4, 0.5) is 0 Å². The second-order valence-corrected chi connectivity index (χ2v) is 4.18. The Labute approximate surface area is 96.0 Å². The summed E-state index contributed by atoms with van der Waals surface area (Å²) in [6, 6.07) is 10.0. The molecule has 3 nitrogen and oxygen atoms in total. The molecule has 0 radical (unpaired) electrons. The van der Waals surface area contributed by atoms with Crippen LogP contribution < -0.4 is 0 Å². The fraction of sp³-hybridized carbons (Fsp3) is 0.538. The standard InChI is InChI=1S/C13H18O3/c1-15-13-11(14)7-8-12(13)16-9-10-5-3-2-4-6-10/h2-6,11-14H,7-9H2,1H3/t11-,12+,13+/m1/s1. The van der Waals surface area contributed by atoms with Crippen LogP contribution in [0.5, 0.6) is 0 Å². The van der Waals surface area contributed by atoms with Crippen molar-refractivity contribution in [2.45, 2.75) is 37.8 Å². The van der Waals surface area contributed by atoms with Crippen molar-refractivity contribution >= 4 is 0 Å². The van der Waals surface area contributed by atoms with Gasteiger partial charge in [0.2, 0.25) is 0 Å². The Bertz CT molecular complexity index is 312. The van der Waals surface area contributed by atoms with Gasteiger partial charge in [0.1, 0.15) is 6.10 Å². The van der Waals surface area contributed by atoms with E-state index in [1.54, 1.807) is 7.11 Å². The molecule has 1 aliphatic rings. The quantitative estimate of drug-likeness (QED) is 0.843. The molecule has 0 aliphatic heterocycles. The van der Waals surface area contributed by atoms with E-state index < -0.39 is 0 Å². The van der Waals surface area contributed by atoms with Gasteiger partial charge in [-0.1, -0.05) is 30.3 Å². The van der Waals surface area contributed by atoms with Crippen molar-refractivity contribution < 1.29 is 14.6 Å². The molecule has 88 valence electrons. The van der Waals surface area contributed by atoms with Crippen LogP contribution in [-0.2, 0) is 16.1 Å². The van der Waals surface area contributed by atoms with Crippen LogP contribution in [0.2, 0.25) is 0 Å². The van der Waals surface area contributed by atoms with E-state index in [1.807, 2.05) is 30.3 Å². The van der Waals surface area contributed by atoms with E-state index in [0.717, 1.165) is 18.4 Å². The maximum absolute atomic E-state index is 9.65. The summed E-state index contributed by atoms with van der Waals surface area (Å²) in [5.74, 6) is 0. The highest BCUT2D eigenvalue weighted by molar-refractivity contribution is 5.13. The van der Waals surface area contributed by atoms with E-state index in [1.165, 1.54) is 0 Å². The number of benzene rings is 1. The van der Waals surface area contributed by atoms with Gasteiger partial charge in [-0.2, -0.15) is 0 Å². The molecule has 1 aromatic carbocycles. The van der Waals surface area contributed by atoms with Crippen molar-refractivity contribution in [3.63, 3.8) is 0 Å². The maximum atomic E-state index is 9.65. The number of rotatable bonds is 4. The van der Waals surface area contributed by atoms with Crippen LogP contribution in [0.3, 0.4) is 0 Å². The summed E-state index contributed by atoms with van der Waals surface area (Å²) in [5.41, 5.74) is 1.15. The Hall–Kier alpha value is -0.900. The normalized spacial score (nSPS) is 29.5. The minimum absolute atomic E-state index is 0.0141. The van der Waals surface area contributed by atoms with Gasteiger partial charge in [0, 0.05) is 7.11 Å². The summed E-state index contributed by atoms with van der Waals surface area (Å²) in [7, 11) is 1.62. The highest BCUT2D eigenvalue weighted by Crippen LogP contribution is 2.25. The van der Waals surface area contributed by atoms with Crippen LogP contribution in [0.15, 0.2) is 30.3 Å². The van der Waals surface area contributed by atoms with Crippen molar-refractivity contribution in [2.24, 2.45) is 0 Å². The molecule has 0 saturated heterocycles. The Morgan fingerprint density at radius 2 is 2.00 bits per heavy atom. The number of aliphatic hydroxyl groups is 1. The zero-order valence-electron chi connectivity index (χ0n) is 9.50. The Morgan fingerprint density at radius 1 is 1.25 bits per heavy atom. The number of methoxy groups -OCH3 is 1. The molecule has 0 bridgehead atoms. The lowest BCUT2D eigenvalue weighted by molar-refractivity contribution is -0.0794. The third-order valence-corrected chi connectivity index (χ3v) is 3.07. The van der Waals surface area contributed by atoms with E-state index >= 15 is 0 Å². The van der Waals surface area contributed by atoms with Gasteiger partial charge in [-0.25, -0.2) is 0 Å². The molecule has 16 heavy (non-hydrogen) atoms. The molecule has 2 rings (SSSR count). The van der Waals surface area contributed by atoms with E-state index in [4.69, 9.17) is 9.47 Å². The highest BCUT2D eigenvalue weighted by atomic mass is 16.5. The van der Waals surface area contributed by atoms with Gasteiger partial charge in [-0.3, -0.25) is 0 Å². The molecule has 3 atom stereocenters. The lowest BCUT2D eigenvalue weighted by Gasteiger charge is -2.20. The first-order valence-electron chi connectivity index (χ1n) is 5.67. The number of hydrogen-bond donors (Lipinski definition) is 1. The zero-order chi connectivity index (χ0) is 11.4. The van der Waals surface area contributed by atoms with Crippen LogP contribution in [0.25, 0.3) is 0 Å². The van der Waals surface area contributed by atoms with Gasteiger partial charge in [0.15, 0.2) is 0 Å². The van der Waals surface area contributed by atoms with Gasteiger partial charge < -0.3 is 14.6 Å². The van der Waals surface area contributed by atoms with Gasteiger partial charge in [-0.15, -0.1) is 0 Å². The predicted octanol–water partition coefficient (Wildman–Crippen LogP) is 1.74. The second kappa shape index (κ2) is 5.43. The van der Waals surface area contributed by atoms with Crippen molar-refractivity contribution in [3.05, 3.63) is 35.9 Å². The monoisotopic (exact) mass is 222 g/mol. The lowest BCUT2D eigenvalue weighted by atomic mass is 10.2. The predicted molar refractivity (Wildman–Crippen MR) is 61.1 cm³/mol. The fourth-order valence-corrected chi connectivity index (χ4v) is 2.18. The molecule has 0 aromatic heterocycles. The first-order valence-corrected chi connectivity index (χ1v) is 5.67. The summed E-state index contributed by atoms with van der Waals surface area (Å²) in [6.45, 7) is 0.581. The Morgan fingerprint density at radius 3 is 2.69 bits per heavy atom. The summed E-state index contributed by atoms with van der Waals surface area (Å²) in [6.07, 6.45) is 1.08. The van der Waals surface area contributed by atoms with Gasteiger partial charge in [0.25, 0.3) is 0 Å². The average Bonchev–Trinajstić information content (AvgIpc) is 2.68. The Balaban J connectivity index is 1.86. The van der Waals surface area contributed by atoms with Crippen molar-refractivity contribution in [3.8, 4) is 0 Å². The van der Waals surface area contributed by atoms with E-state index in [2.05, 4.69) is 0 Å². The highest BCUT2D eigenvalue weighted by Gasteiger charge is 2.35. The molecule has 1 aromatic rings. The van der Waals surface area contributed by atoms with Crippen molar-refractivity contribution in [1.82, 2.24) is 0 Å². The molecule has 1 saturated carbocycles. The number of hydrogen-bond acceptors (Lipinski definition) is 3. The summed E-state index contributed by atoms with van der Waals surface area (Å²) in [5, 5.41) is 9.65. The summed E-state index contributed by atoms with van der Waals surface area (Å²) in [4.78, 5) is 0. The fourth-order valence-electron chi connectivity index (χ4n) is 2.18. The van der Waals surface area contributed by atoms with Crippen LogP contribution in [0, 0.1) is 0 Å². The molecule has 0 unspecified atom stereocenters. The maximum Gasteiger partial charge on any atom is 0.109 e. The van der Waals surface area contributed by atoms with Crippen molar-refractivity contribution in [2.75, 3.05) is 7.11 Å². The molecular weight excluding hydrogens is 204 g/mol. The third-order valence-electron chi connectivity index (χ3n) is 3.07.